The number of nitrogens with one attached hydrogen (secondary N) is 2. The summed E-state index contributed by atoms with van der Waals surface area (Å²) < 4.78 is 2.04. The van der Waals surface area contributed by atoms with Gasteiger partial charge in [-0.05, 0) is 26.1 Å². The molecule has 5 aromatic heterocycles. The van der Waals surface area contributed by atoms with E-state index in [2.05, 4.69) is 47.0 Å². The smallest absolute Gasteiger partial charge is 0.179 e. The van der Waals surface area contributed by atoms with Crippen molar-refractivity contribution >= 4 is 27.9 Å². The number of likely N-dealkylation sites (N-methyl/N-ethyl adjacent to an activating group) is 1. The molecule has 0 atom stereocenters. The maximum Gasteiger partial charge on any atom is 0.179 e. The molecule has 1 aliphatic heterocycles. The van der Waals surface area contributed by atoms with Gasteiger partial charge in [-0.25, -0.2) is 19.9 Å². The lowest BCUT2D eigenvalue weighted by Crippen LogP contribution is -2.44. The second-order valence-corrected chi connectivity index (χ2v) is 8.33. The van der Waals surface area contributed by atoms with Crippen molar-refractivity contribution in [3.8, 4) is 22.6 Å². The predicted octanol–water partition coefficient (Wildman–Crippen LogP) is 2.36. The Bertz CT molecular complexity index is 1430. The lowest BCUT2D eigenvalue weighted by molar-refractivity contribution is 0.313. The van der Waals surface area contributed by atoms with Crippen LogP contribution in [0, 0.1) is 6.92 Å². The summed E-state index contributed by atoms with van der Waals surface area (Å²) in [6.45, 7) is 5.84. The fourth-order valence-corrected chi connectivity index (χ4v) is 4.38. The number of hydrogen-bond acceptors (Lipinski definition) is 7. The van der Waals surface area contributed by atoms with E-state index in [1.807, 2.05) is 43.1 Å². The highest BCUT2D eigenvalue weighted by Crippen LogP contribution is 2.37. The standard InChI is InChI=1S/C22H24N10/c1-13-23-11-17(31(13)3)15-4-5-16-19(27-15)18(29-28-16)14-10-24-22-20(25-12-26-22)21(14)32-8-6-30(2)7-9-32/h4-5,10-12H,6-9H2,1-3H3,(H,28,29)(H,24,25,26). The molecule has 0 spiro atoms. The number of piperazine rings is 1. The molecule has 0 saturated carbocycles. The molecule has 5 aromatic rings. The minimum Gasteiger partial charge on any atom is -0.367 e. The number of anilines is 1. The van der Waals surface area contributed by atoms with Crippen molar-refractivity contribution in [1.82, 2.24) is 44.6 Å². The van der Waals surface area contributed by atoms with Gasteiger partial charge in [0.15, 0.2) is 5.65 Å². The highest BCUT2D eigenvalue weighted by atomic mass is 15.3. The molecule has 0 radical (unpaired) electrons. The molecular weight excluding hydrogens is 404 g/mol. The summed E-state index contributed by atoms with van der Waals surface area (Å²) in [5.74, 6) is 0.945. The summed E-state index contributed by atoms with van der Waals surface area (Å²) in [6.07, 6.45) is 5.43. The number of pyridine rings is 2. The number of H-pyrrole nitrogens is 2. The summed E-state index contributed by atoms with van der Waals surface area (Å²) in [7, 11) is 4.16. The largest absolute Gasteiger partial charge is 0.367 e. The van der Waals surface area contributed by atoms with Crippen molar-refractivity contribution in [2.24, 2.45) is 7.05 Å². The van der Waals surface area contributed by atoms with Crippen molar-refractivity contribution < 1.29 is 0 Å². The zero-order valence-electron chi connectivity index (χ0n) is 18.3. The van der Waals surface area contributed by atoms with Gasteiger partial charge in [0.1, 0.15) is 22.6 Å². The highest BCUT2D eigenvalue weighted by molar-refractivity contribution is 6.01. The highest BCUT2D eigenvalue weighted by Gasteiger charge is 2.24. The molecule has 6 rings (SSSR count). The number of aromatic nitrogens is 8. The van der Waals surface area contributed by atoms with Gasteiger partial charge >= 0.3 is 0 Å². The minimum atomic E-state index is 0.710. The molecule has 1 saturated heterocycles. The molecular formula is C22H24N10. The van der Waals surface area contributed by atoms with Crippen LogP contribution < -0.4 is 4.90 Å². The third-order valence-electron chi connectivity index (χ3n) is 6.39. The summed E-state index contributed by atoms with van der Waals surface area (Å²) in [5, 5.41) is 7.82. The molecule has 10 heteroatoms. The molecule has 10 nitrogen and oxygen atoms in total. The van der Waals surface area contributed by atoms with Gasteiger partial charge in [0.2, 0.25) is 0 Å². The molecule has 0 aromatic carbocycles. The first-order chi connectivity index (χ1) is 15.6. The Labute approximate surface area is 184 Å². The Morgan fingerprint density at radius 3 is 2.59 bits per heavy atom. The second-order valence-electron chi connectivity index (χ2n) is 8.33. The van der Waals surface area contributed by atoms with Gasteiger partial charge in [-0.1, -0.05) is 0 Å². The van der Waals surface area contributed by atoms with Gasteiger partial charge < -0.3 is 19.4 Å². The molecule has 1 aliphatic rings. The lowest BCUT2D eigenvalue weighted by Gasteiger charge is -2.35. The van der Waals surface area contributed by atoms with Crippen LogP contribution in [-0.4, -0.2) is 77.8 Å². The zero-order valence-corrected chi connectivity index (χ0v) is 18.3. The maximum atomic E-state index is 4.99. The van der Waals surface area contributed by atoms with Crippen LogP contribution in [0.2, 0.25) is 0 Å². The Hall–Kier alpha value is -3.79. The summed E-state index contributed by atoms with van der Waals surface area (Å²) in [6, 6.07) is 4.02. The summed E-state index contributed by atoms with van der Waals surface area (Å²) in [4.78, 5) is 26.4. The van der Waals surface area contributed by atoms with Crippen LogP contribution >= 0.6 is 0 Å². The van der Waals surface area contributed by atoms with Gasteiger partial charge in [-0.3, -0.25) is 5.10 Å². The number of nitrogens with zero attached hydrogens (tertiary/aromatic N) is 8. The number of rotatable bonds is 3. The Balaban J connectivity index is 1.54. The van der Waals surface area contributed by atoms with E-state index < -0.39 is 0 Å². The number of hydrogen-bond donors (Lipinski definition) is 2. The normalized spacial score (nSPS) is 15.3. The van der Waals surface area contributed by atoms with Gasteiger partial charge in [0.05, 0.1) is 35.1 Å². The molecule has 162 valence electrons. The van der Waals surface area contributed by atoms with E-state index in [0.29, 0.717) is 5.65 Å². The van der Waals surface area contributed by atoms with Crippen LogP contribution in [0.4, 0.5) is 5.69 Å². The first kappa shape index (κ1) is 18.9. The molecule has 0 amide bonds. The van der Waals surface area contributed by atoms with Crippen LogP contribution in [-0.2, 0) is 7.05 Å². The SMILES string of the molecule is Cc1ncc(-c2ccc3[nH]nc(-c4cnc5nc[nH]c5c4N4CCN(C)CC4)c3n2)n1C. The van der Waals surface area contributed by atoms with Gasteiger partial charge in [-0.15, -0.1) is 0 Å². The summed E-state index contributed by atoms with van der Waals surface area (Å²) in [5.41, 5.74) is 8.00. The fourth-order valence-electron chi connectivity index (χ4n) is 4.38. The molecule has 0 aliphatic carbocycles. The van der Waals surface area contributed by atoms with E-state index in [1.165, 1.54) is 0 Å². The monoisotopic (exact) mass is 428 g/mol. The van der Waals surface area contributed by atoms with Gasteiger partial charge in [0.25, 0.3) is 0 Å². The number of fused-ring (bicyclic) bond motifs is 2. The van der Waals surface area contributed by atoms with Crippen LogP contribution in [0.1, 0.15) is 5.82 Å². The first-order valence-electron chi connectivity index (χ1n) is 10.7. The predicted molar refractivity (Wildman–Crippen MR) is 123 cm³/mol. The fraction of sp³-hybridized carbons (Fsp3) is 0.318. The summed E-state index contributed by atoms with van der Waals surface area (Å²) >= 11 is 0. The topological polar surface area (TPSA) is 107 Å². The number of imidazole rings is 2. The lowest BCUT2D eigenvalue weighted by atomic mass is 10.1. The zero-order chi connectivity index (χ0) is 21.8. The van der Waals surface area contributed by atoms with Crippen molar-refractivity contribution in [3.63, 3.8) is 0 Å². The molecule has 6 heterocycles. The minimum absolute atomic E-state index is 0.710. The number of aryl methyl sites for hydroxylation is 1. The van der Waals surface area contributed by atoms with Crippen LogP contribution in [0.25, 0.3) is 44.8 Å². The van der Waals surface area contributed by atoms with E-state index >= 15 is 0 Å². The Kier molecular flexibility index (Phi) is 4.22. The quantitative estimate of drug-likeness (QED) is 0.454. The van der Waals surface area contributed by atoms with E-state index in [9.17, 15) is 0 Å². The average Bonchev–Trinajstić information content (AvgIpc) is 3.52. The maximum absolute atomic E-state index is 4.99. The Morgan fingerprint density at radius 1 is 0.969 bits per heavy atom. The molecule has 32 heavy (non-hydrogen) atoms. The average molecular weight is 429 g/mol. The van der Waals surface area contributed by atoms with Crippen molar-refractivity contribution in [2.45, 2.75) is 6.92 Å². The molecule has 2 N–H and O–H groups in total. The van der Waals surface area contributed by atoms with Crippen molar-refractivity contribution in [2.75, 3.05) is 38.1 Å². The second kappa shape index (κ2) is 7.13. The van der Waals surface area contributed by atoms with Crippen molar-refractivity contribution in [1.29, 1.82) is 0 Å². The number of aromatic amines is 2. The van der Waals surface area contributed by atoms with Crippen LogP contribution in [0.3, 0.4) is 0 Å². The molecule has 0 bridgehead atoms. The van der Waals surface area contributed by atoms with Gasteiger partial charge in [0, 0.05) is 45.0 Å². The van der Waals surface area contributed by atoms with E-state index in [-0.39, 0.29) is 0 Å². The molecule has 1 fully saturated rings. The third-order valence-corrected chi connectivity index (χ3v) is 6.39. The van der Waals surface area contributed by atoms with E-state index in [4.69, 9.17) is 4.98 Å². The van der Waals surface area contributed by atoms with Crippen LogP contribution in [0.15, 0.2) is 30.9 Å². The van der Waals surface area contributed by atoms with Crippen LogP contribution in [0.5, 0.6) is 0 Å². The third kappa shape index (κ3) is 2.87. The first-order valence-corrected chi connectivity index (χ1v) is 10.7. The van der Waals surface area contributed by atoms with Gasteiger partial charge in [-0.2, -0.15) is 5.10 Å². The van der Waals surface area contributed by atoms with E-state index in [1.54, 1.807) is 6.33 Å². The Morgan fingerprint density at radius 2 is 1.81 bits per heavy atom. The molecule has 0 unspecified atom stereocenters. The van der Waals surface area contributed by atoms with Crippen molar-refractivity contribution in [3.05, 3.63) is 36.7 Å². The van der Waals surface area contributed by atoms with E-state index in [0.717, 1.165) is 76.9 Å².